The maximum Gasteiger partial charge on any atom is 0.259 e. The highest BCUT2D eigenvalue weighted by molar-refractivity contribution is 7.18. The summed E-state index contributed by atoms with van der Waals surface area (Å²) in [5.41, 5.74) is 1.16. The van der Waals surface area contributed by atoms with E-state index in [1.807, 2.05) is 0 Å². The Labute approximate surface area is 163 Å². The molecule has 7 heteroatoms. The number of nitrogens with zero attached hydrogens (tertiary/aromatic N) is 1. The van der Waals surface area contributed by atoms with Crippen LogP contribution >= 0.6 is 11.3 Å². The van der Waals surface area contributed by atoms with Crippen LogP contribution in [0.4, 0.5) is 0 Å². The molecule has 0 aromatic carbocycles. The fourth-order valence-electron chi connectivity index (χ4n) is 4.21. The van der Waals surface area contributed by atoms with Gasteiger partial charge in [-0.1, -0.05) is 6.92 Å². The number of aromatic nitrogens is 2. The highest BCUT2D eigenvalue weighted by Gasteiger charge is 2.23. The van der Waals surface area contributed by atoms with Gasteiger partial charge in [-0.05, 0) is 62.6 Å². The van der Waals surface area contributed by atoms with Gasteiger partial charge in [0.15, 0.2) is 0 Å². The molecule has 1 aliphatic heterocycles. The van der Waals surface area contributed by atoms with Crippen molar-refractivity contribution in [3.05, 3.63) is 26.6 Å². The molecule has 2 aromatic rings. The summed E-state index contributed by atoms with van der Waals surface area (Å²) in [5.74, 6) is 2.00. The van der Waals surface area contributed by atoms with Crippen molar-refractivity contribution in [1.82, 2.24) is 20.6 Å². The van der Waals surface area contributed by atoms with E-state index in [0.717, 1.165) is 55.5 Å². The van der Waals surface area contributed by atoms with E-state index in [9.17, 15) is 9.59 Å². The van der Waals surface area contributed by atoms with E-state index >= 15 is 0 Å². The molecule has 3 N–H and O–H groups in total. The Morgan fingerprint density at radius 2 is 2.26 bits per heavy atom. The Balaban J connectivity index is 1.36. The van der Waals surface area contributed by atoms with Crippen LogP contribution in [-0.2, 0) is 24.1 Å². The van der Waals surface area contributed by atoms with Gasteiger partial charge in [-0.15, -0.1) is 11.3 Å². The number of aromatic amines is 1. The van der Waals surface area contributed by atoms with Gasteiger partial charge in [0, 0.05) is 24.3 Å². The number of hydrogen-bond donors (Lipinski definition) is 3. The zero-order valence-corrected chi connectivity index (χ0v) is 16.7. The molecular weight excluding hydrogens is 360 g/mol. The molecule has 1 fully saturated rings. The number of nitrogens with one attached hydrogen (secondary N) is 3. The summed E-state index contributed by atoms with van der Waals surface area (Å²) in [7, 11) is 0. The predicted octanol–water partition coefficient (Wildman–Crippen LogP) is 2.16. The van der Waals surface area contributed by atoms with Crippen molar-refractivity contribution < 1.29 is 4.79 Å². The Morgan fingerprint density at radius 1 is 1.37 bits per heavy atom. The number of hydrogen-bond acceptors (Lipinski definition) is 5. The van der Waals surface area contributed by atoms with Crippen LogP contribution in [0.2, 0.25) is 0 Å². The third kappa shape index (κ3) is 4.24. The normalized spacial score (nSPS) is 22.1. The van der Waals surface area contributed by atoms with Crippen LogP contribution in [0, 0.1) is 11.8 Å². The second kappa shape index (κ2) is 8.10. The molecule has 2 atom stereocenters. The first-order chi connectivity index (χ1) is 13.1. The zero-order valence-electron chi connectivity index (χ0n) is 15.9. The van der Waals surface area contributed by atoms with Crippen molar-refractivity contribution >= 4 is 27.5 Å². The van der Waals surface area contributed by atoms with Gasteiger partial charge in [-0.25, -0.2) is 4.98 Å². The Hall–Kier alpha value is -1.73. The highest BCUT2D eigenvalue weighted by Crippen LogP contribution is 2.35. The lowest BCUT2D eigenvalue weighted by molar-refractivity contribution is -0.121. The van der Waals surface area contributed by atoms with Crippen molar-refractivity contribution in [3.8, 4) is 0 Å². The lowest BCUT2D eigenvalue weighted by Gasteiger charge is -2.17. The van der Waals surface area contributed by atoms with Crippen molar-refractivity contribution in [3.63, 3.8) is 0 Å². The fraction of sp³-hybridized carbons (Fsp3) is 0.650. The molecule has 2 aromatic heterocycles. The predicted molar refractivity (Wildman–Crippen MR) is 108 cm³/mol. The molecule has 2 aliphatic rings. The maximum absolute atomic E-state index is 12.6. The standard InChI is InChI=1S/C20H28N4O2S/c1-12-2-3-14-15(10-12)27-20-18(14)19(26)23-16(24-20)4-5-17(25)22-9-7-13-6-8-21-11-13/h12-13,21H,2-11H2,1H3,(H,22,25)(H,23,24,26). The number of fused-ring (bicyclic) bond motifs is 3. The van der Waals surface area contributed by atoms with Crippen LogP contribution in [0.3, 0.4) is 0 Å². The number of H-pyrrole nitrogens is 1. The second-order valence-corrected chi connectivity index (χ2v) is 9.13. The number of amides is 1. The largest absolute Gasteiger partial charge is 0.356 e. The van der Waals surface area contributed by atoms with E-state index in [1.54, 1.807) is 11.3 Å². The highest BCUT2D eigenvalue weighted by atomic mass is 32.1. The van der Waals surface area contributed by atoms with E-state index in [-0.39, 0.29) is 11.5 Å². The molecule has 6 nitrogen and oxygen atoms in total. The van der Waals surface area contributed by atoms with Gasteiger partial charge in [-0.3, -0.25) is 9.59 Å². The van der Waals surface area contributed by atoms with Gasteiger partial charge in [0.1, 0.15) is 10.7 Å². The van der Waals surface area contributed by atoms with Gasteiger partial charge in [0.25, 0.3) is 5.56 Å². The van der Waals surface area contributed by atoms with Crippen LogP contribution in [0.25, 0.3) is 10.2 Å². The molecule has 0 spiro atoms. The second-order valence-electron chi connectivity index (χ2n) is 8.04. The molecule has 1 saturated heterocycles. The minimum Gasteiger partial charge on any atom is -0.356 e. The van der Waals surface area contributed by atoms with E-state index in [0.29, 0.717) is 30.5 Å². The van der Waals surface area contributed by atoms with Crippen LogP contribution in [0.1, 0.15) is 48.9 Å². The van der Waals surface area contributed by atoms with Crippen molar-refractivity contribution in [1.29, 1.82) is 0 Å². The van der Waals surface area contributed by atoms with Crippen LogP contribution in [0.15, 0.2) is 4.79 Å². The third-order valence-corrected chi connectivity index (χ3v) is 6.99. The third-order valence-electron chi connectivity index (χ3n) is 5.84. The van der Waals surface area contributed by atoms with Gasteiger partial charge in [0.05, 0.1) is 5.39 Å². The monoisotopic (exact) mass is 388 g/mol. The first-order valence-electron chi connectivity index (χ1n) is 10.1. The number of carbonyl (C=O) groups excluding carboxylic acids is 1. The van der Waals surface area contributed by atoms with Gasteiger partial charge in [0.2, 0.25) is 5.91 Å². The Morgan fingerprint density at radius 3 is 3.07 bits per heavy atom. The molecular formula is C20H28N4O2S. The zero-order chi connectivity index (χ0) is 18.8. The van der Waals surface area contributed by atoms with Gasteiger partial charge in [-0.2, -0.15) is 0 Å². The molecule has 3 heterocycles. The summed E-state index contributed by atoms with van der Waals surface area (Å²) in [6.45, 7) is 5.14. The minimum atomic E-state index is -0.0452. The summed E-state index contributed by atoms with van der Waals surface area (Å²) < 4.78 is 0. The summed E-state index contributed by atoms with van der Waals surface area (Å²) in [5, 5.41) is 7.11. The lowest BCUT2D eigenvalue weighted by Crippen LogP contribution is -2.27. The molecule has 2 unspecified atom stereocenters. The average Bonchev–Trinajstić information content (AvgIpc) is 3.26. The van der Waals surface area contributed by atoms with Gasteiger partial charge < -0.3 is 15.6 Å². The smallest absolute Gasteiger partial charge is 0.259 e. The molecule has 0 saturated carbocycles. The number of aryl methyl sites for hydroxylation is 2. The SMILES string of the molecule is CC1CCc2c(sc3nc(CCC(=O)NCCC4CCNC4)[nH]c(=O)c23)C1. The fourth-order valence-corrected chi connectivity index (χ4v) is 5.61. The first kappa shape index (κ1) is 18.6. The summed E-state index contributed by atoms with van der Waals surface area (Å²) in [6.07, 6.45) is 6.21. The van der Waals surface area contributed by atoms with Crippen LogP contribution < -0.4 is 16.2 Å². The summed E-state index contributed by atoms with van der Waals surface area (Å²) in [6, 6.07) is 0. The summed E-state index contributed by atoms with van der Waals surface area (Å²) >= 11 is 1.66. The quantitative estimate of drug-likeness (QED) is 0.708. The van der Waals surface area contributed by atoms with E-state index in [1.165, 1.54) is 16.9 Å². The maximum atomic E-state index is 12.6. The lowest BCUT2D eigenvalue weighted by atomic mass is 9.89. The topological polar surface area (TPSA) is 86.9 Å². The Bertz CT molecular complexity index is 882. The molecule has 146 valence electrons. The number of rotatable bonds is 6. The summed E-state index contributed by atoms with van der Waals surface area (Å²) in [4.78, 5) is 34.4. The van der Waals surface area contributed by atoms with E-state index in [2.05, 4.69) is 27.5 Å². The molecule has 27 heavy (non-hydrogen) atoms. The molecule has 0 bridgehead atoms. The minimum absolute atomic E-state index is 0.0306. The first-order valence-corrected chi connectivity index (χ1v) is 10.9. The molecule has 1 amide bonds. The molecule has 4 rings (SSSR count). The van der Waals surface area contributed by atoms with E-state index in [4.69, 9.17) is 0 Å². The van der Waals surface area contributed by atoms with Crippen LogP contribution in [-0.4, -0.2) is 35.5 Å². The number of thiophene rings is 1. The Kier molecular flexibility index (Phi) is 5.59. The average molecular weight is 389 g/mol. The van der Waals surface area contributed by atoms with Crippen molar-refractivity contribution in [2.75, 3.05) is 19.6 Å². The van der Waals surface area contributed by atoms with Crippen LogP contribution in [0.5, 0.6) is 0 Å². The molecule has 1 aliphatic carbocycles. The number of carbonyl (C=O) groups is 1. The van der Waals surface area contributed by atoms with Crippen molar-refractivity contribution in [2.24, 2.45) is 11.8 Å². The van der Waals surface area contributed by atoms with Gasteiger partial charge >= 0.3 is 0 Å². The molecule has 0 radical (unpaired) electrons. The van der Waals surface area contributed by atoms with E-state index < -0.39 is 0 Å². The van der Waals surface area contributed by atoms with Crippen molar-refractivity contribution in [2.45, 2.75) is 51.9 Å².